The van der Waals surface area contributed by atoms with Crippen LogP contribution in [0.3, 0.4) is 0 Å². The molecule has 5 nitrogen and oxygen atoms in total. The van der Waals surface area contributed by atoms with Gasteiger partial charge in [0.15, 0.2) is 0 Å². The van der Waals surface area contributed by atoms with Crippen molar-refractivity contribution < 1.29 is 9.53 Å². The number of aromatic nitrogens is 1. The predicted molar refractivity (Wildman–Crippen MR) is 95.8 cm³/mol. The molecule has 0 fully saturated rings. The number of amides is 1. The maximum Gasteiger partial charge on any atom is 0.410 e. The molecule has 1 aromatic heterocycles. The van der Waals surface area contributed by atoms with Gasteiger partial charge in [-0.1, -0.05) is 0 Å². The average Bonchev–Trinajstić information content (AvgIpc) is 2.84. The lowest BCUT2D eigenvalue weighted by Crippen LogP contribution is -2.51. The number of rotatable bonds is 5. The first-order chi connectivity index (χ1) is 10.3. The molecule has 0 spiro atoms. The van der Waals surface area contributed by atoms with E-state index in [1.807, 2.05) is 53.1 Å². The monoisotopic (exact) mass is 341 g/mol. The number of hydrogen-bond donors (Lipinski definition) is 1. The van der Waals surface area contributed by atoms with Crippen LogP contribution >= 0.6 is 11.3 Å². The van der Waals surface area contributed by atoms with Crippen LogP contribution in [-0.4, -0.2) is 40.2 Å². The largest absolute Gasteiger partial charge is 0.444 e. The molecule has 0 radical (unpaired) electrons. The number of carbonyl (C=O) groups is 1. The molecule has 1 aromatic rings. The van der Waals surface area contributed by atoms with E-state index in [0.29, 0.717) is 13.1 Å². The zero-order valence-corrected chi connectivity index (χ0v) is 16.5. The average molecular weight is 342 g/mol. The second-order valence-corrected chi connectivity index (χ2v) is 9.09. The Morgan fingerprint density at radius 1 is 1.22 bits per heavy atom. The minimum atomic E-state index is -0.492. The van der Waals surface area contributed by atoms with Gasteiger partial charge in [-0.05, 0) is 55.4 Å². The molecule has 0 aliphatic rings. The first-order valence-electron chi connectivity index (χ1n) is 7.98. The van der Waals surface area contributed by atoms with Crippen LogP contribution in [0.15, 0.2) is 11.6 Å². The van der Waals surface area contributed by atoms with Crippen LogP contribution in [0, 0.1) is 0 Å². The highest BCUT2D eigenvalue weighted by molar-refractivity contribution is 7.09. The Kier molecular flexibility index (Phi) is 6.21. The first kappa shape index (κ1) is 19.9. The Hall–Kier alpha value is -1.14. The third-order valence-electron chi connectivity index (χ3n) is 3.29. The Morgan fingerprint density at radius 3 is 2.26 bits per heavy atom. The first-order valence-corrected chi connectivity index (χ1v) is 8.86. The van der Waals surface area contributed by atoms with Crippen LogP contribution in [0.1, 0.15) is 60.4 Å². The molecule has 1 heterocycles. The van der Waals surface area contributed by atoms with E-state index in [2.05, 4.69) is 24.1 Å². The van der Waals surface area contributed by atoms with Gasteiger partial charge in [0.2, 0.25) is 0 Å². The molecule has 0 saturated heterocycles. The zero-order valence-electron chi connectivity index (χ0n) is 15.7. The van der Waals surface area contributed by atoms with Gasteiger partial charge in [-0.2, -0.15) is 0 Å². The van der Waals surface area contributed by atoms with Gasteiger partial charge in [-0.15, -0.1) is 11.3 Å². The molecule has 132 valence electrons. The quantitative estimate of drug-likeness (QED) is 0.879. The highest BCUT2D eigenvalue weighted by Crippen LogP contribution is 2.22. The molecular weight excluding hydrogens is 310 g/mol. The summed E-state index contributed by atoms with van der Waals surface area (Å²) in [5.74, 6) is 0. The van der Waals surface area contributed by atoms with Gasteiger partial charge in [0.05, 0.1) is 5.54 Å². The van der Waals surface area contributed by atoms with Crippen LogP contribution in [0.2, 0.25) is 0 Å². The molecule has 0 aliphatic heterocycles. The molecule has 0 aromatic carbocycles. The summed E-state index contributed by atoms with van der Waals surface area (Å²) in [6.45, 7) is 17.1. The molecular formula is C17H31N3O2S. The van der Waals surface area contributed by atoms with E-state index in [0.717, 1.165) is 5.01 Å². The summed E-state index contributed by atoms with van der Waals surface area (Å²) in [5.41, 5.74) is -1.00. The molecule has 1 N–H and O–H groups in total. The molecule has 0 saturated carbocycles. The van der Waals surface area contributed by atoms with Crippen LogP contribution in [0.5, 0.6) is 0 Å². The molecule has 0 unspecified atom stereocenters. The predicted octanol–water partition coefficient (Wildman–Crippen LogP) is 4.00. The topological polar surface area (TPSA) is 54.5 Å². The number of ether oxygens (including phenoxy) is 1. The van der Waals surface area contributed by atoms with Crippen molar-refractivity contribution in [2.45, 2.75) is 72.1 Å². The summed E-state index contributed by atoms with van der Waals surface area (Å²) in [7, 11) is 0. The Bertz CT molecular complexity index is 499. The summed E-state index contributed by atoms with van der Waals surface area (Å²) in [6.07, 6.45) is 1.53. The minimum absolute atomic E-state index is 0.217. The van der Waals surface area contributed by atoms with E-state index in [1.54, 1.807) is 16.2 Å². The van der Waals surface area contributed by atoms with Gasteiger partial charge in [-0.25, -0.2) is 9.78 Å². The summed E-state index contributed by atoms with van der Waals surface area (Å²) < 4.78 is 5.53. The lowest BCUT2D eigenvalue weighted by Gasteiger charge is -2.37. The van der Waals surface area contributed by atoms with Crippen molar-refractivity contribution in [2.24, 2.45) is 0 Å². The van der Waals surface area contributed by atoms with Gasteiger partial charge < -0.3 is 15.0 Å². The van der Waals surface area contributed by atoms with Crippen molar-refractivity contribution in [3.63, 3.8) is 0 Å². The van der Waals surface area contributed by atoms with Crippen molar-refractivity contribution in [3.8, 4) is 0 Å². The van der Waals surface area contributed by atoms with Gasteiger partial charge in [0.25, 0.3) is 0 Å². The standard InChI is InChI=1S/C17H31N3O2S/c1-15(2,3)20(14(21)22-16(4,5)6)11-9-19-17(7,8)13-18-10-12-23-13/h10,12,19H,9,11H2,1-8H3. The maximum absolute atomic E-state index is 12.5. The molecule has 23 heavy (non-hydrogen) atoms. The lowest BCUT2D eigenvalue weighted by atomic mass is 10.1. The second kappa shape index (κ2) is 7.18. The van der Waals surface area contributed by atoms with Crippen molar-refractivity contribution in [3.05, 3.63) is 16.6 Å². The smallest absolute Gasteiger partial charge is 0.410 e. The zero-order chi connectivity index (χ0) is 17.9. The number of carbonyl (C=O) groups excluding carboxylic acids is 1. The summed E-state index contributed by atoms with van der Waals surface area (Å²) in [6, 6.07) is 0. The Balaban J connectivity index is 2.67. The highest BCUT2D eigenvalue weighted by atomic mass is 32.1. The van der Waals surface area contributed by atoms with Crippen LogP contribution in [0.4, 0.5) is 4.79 Å². The highest BCUT2D eigenvalue weighted by Gasteiger charge is 2.31. The Morgan fingerprint density at radius 2 is 1.83 bits per heavy atom. The second-order valence-electron chi connectivity index (χ2n) is 8.19. The number of nitrogens with zero attached hydrogens (tertiary/aromatic N) is 2. The van der Waals surface area contributed by atoms with Crippen LogP contribution in [-0.2, 0) is 10.3 Å². The summed E-state index contributed by atoms with van der Waals surface area (Å²) in [5, 5.41) is 6.49. The third-order valence-corrected chi connectivity index (χ3v) is 4.39. The third kappa shape index (κ3) is 6.47. The normalized spacial score (nSPS) is 13.0. The van der Waals surface area contributed by atoms with E-state index in [9.17, 15) is 4.79 Å². The summed E-state index contributed by atoms with van der Waals surface area (Å²) >= 11 is 1.63. The lowest BCUT2D eigenvalue weighted by molar-refractivity contribution is 0.00616. The fourth-order valence-corrected chi connectivity index (χ4v) is 2.84. The number of nitrogens with one attached hydrogen (secondary N) is 1. The maximum atomic E-state index is 12.5. The van der Waals surface area contributed by atoms with Gasteiger partial charge in [0, 0.05) is 30.2 Å². The molecule has 1 rings (SSSR count). The van der Waals surface area contributed by atoms with E-state index in [1.165, 1.54) is 0 Å². The van der Waals surface area contributed by atoms with Gasteiger partial charge in [-0.3, -0.25) is 0 Å². The van der Waals surface area contributed by atoms with E-state index in [4.69, 9.17) is 4.74 Å². The molecule has 0 atom stereocenters. The SMILES string of the molecule is CC(C)(C)OC(=O)N(CCNC(C)(C)c1nccs1)C(C)(C)C. The van der Waals surface area contributed by atoms with E-state index < -0.39 is 5.60 Å². The molecule has 0 bridgehead atoms. The van der Waals surface area contributed by atoms with E-state index in [-0.39, 0.29) is 17.2 Å². The fourth-order valence-electron chi connectivity index (χ4n) is 2.11. The summed E-state index contributed by atoms with van der Waals surface area (Å²) in [4.78, 5) is 18.6. The van der Waals surface area contributed by atoms with Crippen molar-refractivity contribution in [2.75, 3.05) is 13.1 Å². The number of hydrogen-bond acceptors (Lipinski definition) is 5. The molecule has 6 heteroatoms. The van der Waals surface area contributed by atoms with Gasteiger partial charge in [0.1, 0.15) is 10.6 Å². The van der Waals surface area contributed by atoms with Crippen LogP contribution < -0.4 is 5.32 Å². The minimum Gasteiger partial charge on any atom is -0.444 e. The van der Waals surface area contributed by atoms with Crippen molar-refractivity contribution in [1.82, 2.24) is 15.2 Å². The Labute approximate surface area is 144 Å². The van der Waals surface area contributed by atoms with Gasteiger partial charge >= 0.3 is 6.09 Å². The molecule has 1 amide bonds. The van der Waals surface area contributed by atoms with Crippen LogP contribution in [0.25, 0.3) is 0 Å². The molecule has 0 aliphatic carbocycles. The fraction of sp³-hybridized carbons (Fsp3) is 0.765. The van der Waals surface area contributed by atoms with Crippen molar-refractivity contribution in [1.29, 1.82) is 0 Å². The van der Waals surface area contributed by atoms with Crippen molar-refractivity contribution >= 4 is 17.4 Å². The van der Waals surface area contributed by atoms with E-state index >= 15 is 0 Å². The number of thiazole rings is 1.